The van der Waals surface area contributed by atoms with Crippen LogP contribution in [0, 0.1) is 0 Å². The van der Waals surface area contributed by atoms with Gasteiger partial charge in [-0.1, -0.05) is 11.3 Å². The van der Waals surface area contributed by atoms with Crippen LogP contribution in [0.2, 0.25) is 11.3 Å². The third kappa shape index (κ3) is 4.65. The van der Waals surface area contributed by atoms with Gasteiger partial charge in [0.2, 0.25) is 0 Å². The van der Waals surface area contributed by atoms with Crippen molar-refractivity contribution in [1.29, 1.82) is 0 Å². The summed E-state index contributed by atoms with van der Waals surface area (Å²) in [6, 6.07) is 0. The molecule has 0 aromatic carbocycles. The summed E-state index contributed by atoms with van der Waals surface area (Å²) in [5.41, 5.74) is 0. The Bertz CT molecular complexity index is 18.9. The van der Waals surface area contributed by atoms with Crippen LogP contribution in [0.25, 0.3) is 0 Å². The van der Waals surface area contributed by atoms with Gasteiger partial charge in [-0.05, 0) is 20.5 Å². The van der Waals surface area contributed by atoms with Crippen molar-refractivity contribution in [2.45, 2.75) is 11.3 Å². The lowest BCUT2D eigenvalue weighted by molar-refractivity contribution is 1.82. The summed E-state index contributed by atoms with van der Waals surface area (Å²) in [6.45, 7) is 2.41. The van der Waals surface area contributed by atoms with Gasteiger partial charge >= 0.3 is 0 Å². The van der Waals surface area contributed by atoms with E-state index in [0.717, 1.165) is 0 Å². The summed E-state index contributed by atoms with van der Waals surface area (Å²) in [5.74, 6) is 0. The second-order valence-electron chi connectivity index (χ2n) is 1.80. The molecule has 3 heteroatoms. The Morgan fingerprint density at radius 2 is 1.80 bits per heavy atom. The third-order valence-corrected chi connectivity index (χ3v) is 7.35. The van der Waals surface area contributed by atoms with E-state index in [9.17, 15) is 0 Å². The van der Waals surface area contributed by atoms with Crippen molar-refractivity contribution in [2.24, 2.45) is 0 Å². The van der Waals surface area contributed by atoms with Gasteiger partial charge in [0.15, 0.2) is 0 Å². The molecule has 0 rings (SSSR count). The van der Waals surface area contributed by atoms with Gasteiger partial charge in [-0.15, -0.1) is 0 Å². The van der Waals surface area contributed by atoms with Crippen LogP contribution in [-0.2, 0) is 0 Å². The van der Waals surface area contributed by atoms with E-state index in [0.29, 0.717) is 9.52 Å². The minimum Gasteiger partial charge on any atom is -0.0752 e. The van der Waals surface area contributed by atoms with Crippen LogP contribution in [-0.4, -0.2) is 30.0 Å². The van der Waals surface area contributed by atoms with E-state index in [-0.39, 0.29) is 0 Å². The first-order valence-electron chi connectivity index (χ1n) is 2.27. The van der Waals surface area contributed by atoms with E-state index < -0.39 is 0 Å². The molecule has 0 aromatic rings. The fourth-order valence-electron chi connectivity index (χ4n) is 0. The standard InChI is InChI=1S/C2H12Si3/c1-5-2(3)4/h2H,5H2,1,3-4H3. The molecule has 0 radical (unpaired) electrons. The Morgan fingerprint density at radius 1 is 1.60 bits per heavy atom. The average Bonchev–Trinajstić information content (AvgIpc) is 1.38. The van der Waals surface area contributed by atoms with Gasteiger partial charge in [0, 0.05) is 9.52 Å². The average molecular weight is 120 g/mol. The molecule has 0 atom stereocenters. The molecule has 0 saturated heterocycles. The maximum atomic E-state index is 2.41. The normalized spacial score (nSPS) is 18.6. The smallest absolute Gasteiger partial charge is 0.0129 e. The molecule has 0 spiro atoms. The summed E-state index contributed by atoms with van der Waals surface area (Å²) >= 11 is 0. The molecule has 32 valence electrons. The van der Waals surface area contributed by atoms with Crippen LogP contribution >= 0.6 is 0 Å². The lowest BCUT2D eigenvalue weighted by atomic mass is 11.8. The molecule has 0 amide bonds. The zero-order chi connectivity index (χ0) is 4.28. The fourth-order valence-corrected chi connectivity index (χ4v) is 0. The molecule has 0 aliphatic rings. The Morgan fingerprint density at radius 3 is 1.80 bits per heavy atom. The second-order valence-corrected chi connectivity index (χ2v) is 13.8. The monoisotopic (exact) mass is 120 g/mol. The van der Waals surface area contributed by atoms with E-state index in [1.807, 2.05) is 0 Å². The van der Waals surface area contributed by atoms with Gasteiger partial charge in [0.05, 0.1) is 0 Å². The van der Waals surface area contributed by atoms with Crippen molar-refractivity contribution >= 4 is 30.0 Å². The first-order valence-corrected chi connectivity index (χ1v) is 6.81. The molecular formula is C2H12Si3. The highest BCUT2D eigenvalue weighted by Crippen LogP contribution is 1.79. The van der Waals surface area contributed by atoms with Gasteiger partial charge in [0.1, 0.15) is 0 Å². The summed E-state index contributed by atoms with van der Waals surface area (Å²) in [5, 5.41) is 0. The fraction of sp³-hybridized carbons (Fsp3) is 1.00. The van der Waals surface area contributed by atoms with Crippen molar-refractivity contribution in [2.75, 3.05) is 0 Å². The lowest BCUT2D eigenvalue weighted by Gasteiger charge is -1.88. The molecule has 0 aliphatic heterocycles. The highest BCUT2D eigenvalue weighted by atomic mass is 28.3. The van der Waals surface area contributed by atoms with Crippen molar-refractivity contribution in [1.82, 2.24) is 0 Å². The zero-order valence-electron chi connectivity index (χ0n) is 4.28. The van der Waals surface area contributed by atoms with E-state index >= 15 is 0 Å². The molecule has 0 nitrogen and oxygen atoms in total. The van der Waals surface area contributed by atoms with Crippen LogP contribution in [0.4, 0.5) is 0 Å². The largest absolute Gasteiger partial charge is 0.0752 e. The molecule has 0 unspecified atom stereocenters. The minimum atomic E-state index is 0.472. The van der Waals surface area contributed by atoms with Crippen LogP contribution in [0.1, 0.15) is 0 Å². The van der Waals surface area contributed by atoms with E-state index in [1.54, 1.807) is 0 Å². The topological polar surface area (TPSA) is 0 Å². The lowest BCUT2D eigenvalue weighted by Crippen LogP contribution is -1.95. The summed E-state index contributed by atoms with van der Waals surface area (Å²) < 4.78 is 0. The van der Waals surface area contributed by atoms with E-state index in [2.05, 4.69) is 6.55 Å². The van der Waals surface area contributed by atoms with Crippen molar-refractivity contribution in [3.63, 3.8) is 0 Å². The summed E-state index contributed by atoms with van der Waals surface area (Å²) in [4.78, 5) is 1.30. The van der Waals surface area contributed by atoms with Crippen molar-refractivity contribution in [3.8, 4) is 0 Å². The Balaban J connectivity index is 2.54. The summed E-state index contributed by atoms with van der Waals surface area (Å²) in [6.07, 6.45) is 0. The van der Waals surface area contributed by atoms with E-state index in [1.165, 1.54) is 25.3 Å². The number of rotatable bonds is 1. The molecule has 0 bridgehead atoms. The predicted molar refractivity (Wildman–Crippen MR) is 38.0 cm³/mol. The molecule has 0 aromatic heterocycles. The summed E-state index contributed by atoms with van der Waals surface area (Å²) in [7, 11) is 3.46. The van der Waals surface area contributed by atoms with Crippen LogP contribution in [0.5, 0.6) is 0 Å². The zero-order valence-corrected chi connectivity index (χ0v) is 9.70. The van der Waals surface area contributed by atoms with E-state index in [4.69, 9.17) is 0 Å². The molecule has 5 heavy (non-hydrogen) atoms. The van der Waals surface area contributed by atoms with Gasteiger partial charge in [-0.3, -0.25) is 0 Å². The molecular weight excluding hydrogens is 108 g/mol. The van der Waals surface area contributed by atoms with Crippen LogP contribution in [0.3, 0.4) is 0 Å². The maximum absolute atomic E-state index is 2.41. The first kappa shape index (κ1) is 5.65. The third-order valence-electron chi connectivity index (χ3n) is 0.816. The van der Waals surface area contributed by atoms with Gasteiger partial charge in [0.25, 0.3) is 0 Å². The molecule has 0 heterocycles. The molecule has 0 N–H and O–H groups in total. The molecule has 0 fully saturated rings. The Labute approximate surface area is 42.0 Å². The maximum Gasteiger partial charge on any atom is 0.0129 e. The quantitative estimate of drug-likeness (QED) is 0.340. The molecule has 0 saturated carbocycles. The Kier molecular flexibility index (Phi) is 3.24. The van der Waals surface area contributed by atoms with Crippen LogP contribution < -0.4 is 0 Å². The minimum absolute atomic E-state index is 0.472. The van der Waals surface area contributed by atoms with Crippen molar-refractivity contribution in [3.05, 3.63) is 0 Å². The second kappa shape index (κ2) is 2.87. The van der Waals surface area contributed by atoms with Crippen LogP contribution in [0.15, 0.2) is 0 Å². The van der Waals surface area contributed by atoms with Gasteiger partial charge in [-0.25, -0.2) is 0 Å². The number of hydrogen-bond acceptors (Lipinski definition) is 0. The Hall–Kier alpha value is 0.651. The highest BCUT2D eigenvalue weighted by Gasteiger charge is 1.82. The molecule has 0 aliphatic carbocycles. The van der Waals surface area contributed by atoms with Gasteiger partial charge < -0.3 is 0 Å². The highest BCUT2D eigenvalue weighted by molar-refractivity contribution is 6.62. The predicted octanol–water partition coefficient (Wildman–Crippen LogP) is -2.36. The first-order chi connectivity index (χ1) is 2.27. The van der Waals surface area contributed by atoms with Crippen molar-refractivity contribution < 1.29 is 0 Å². The van der Waals surface area contributed by atoms with Gasteiger partial charge in [-0.2, -0.15) is 0 Å². The SMILES string of the molecule is C[SiH2]C([SiH3])[SiH3]. The number of hydrogen-bond donors (Lipinski definition) is 0.